The molecule has 6 aromatic carbocycles. The summed E-state index contributed by atoms with van der Waals surface area (Å²) in [4.78, 5) is 19.1. The number of oxazole rings is 1. The van der Waals surface area contributed by atoms with Crippen molar-refractivity contribution in [3.8, 4) is 45.7 Å². The number of nitriles is 1. The number of hydrogen-bond acceptors (Lipinski definition) is 7. The van der Waals surface area contributed by atoms with Crippen LogP contribution in [0, 0.1) is 23.5 Å². The fourth-order valence-corrected chi connectivity index (χ4v) is 8.34. The van der Waals surface area contributed by atoms with Gasteiger partial charge in [0.15, 0.2) is 5.58 Å². The van der Waals surface area contributed by atoms with E-state index in [0.29, 0.717) is 33.7 Å². The fraction of sp³-hybridized carbons (Fsp3) is 0.246. The Balaban J connectivity index is 0.000000295. The van der Waals surface area contributed by atoms with Crippen LogP contribution in [0.4, 0.5) is 0 Å². The Morgan fingerprint density at radius 2 is 1.38 bits per heavy atom. The smallest absolute Gasteiger partial charge is 0.200 e. The summed E-state index contributed by atoms with van der Waals surface area (Å²) in [6.07, 6.45) is 1.81. The molecule has 0 bridgehead atoms. The molecule has 9 heteroatoms. The molecule has 0 aliphatic heterocycles. The van der Waals surface area contributed by atoms with E-state index < -0.39 is 0 Å². The number of nitrogens with zero attached hydrogens (tertiary/aromatic N) is 6. The SMILES string of the molecule is CC(C)(C)c1ccnc(-c2[c-]cccc2)n1.CC(C)c1cc(-c2ccccc2)cc(C(C)C)c1-n1c(-c2[c-]ccc3c2oc2cc(C#N)c4oc(C(C)(C)C)nc4c23)nc2ccccc21.[Ir]. The van der Waals surface area contributed by atoms with E-state index in [1.807, 2.05) is 54.7 Å². The minimum Gasteiger partial charge on any atom is -0.500 e. The van der Waals surface area contributed by atoms with Crippen molar-refractivity contribution in [1.29, 1.82) is 5.26 Å². The van der Waals surface area contributed by atoms with Crippen LogP contribution < -0.4 is 0 Å². The number of hydrogen-bond donors (Lipinski definition) is 0. The zero-order valence-corrected chi connectivity index (χ0v) is 41.4. The maximum atomic E-state index is 10.1. The van der Waals surface area contributed by atoms with Crippen LogP contribution in [0.1, 0.15) is 109 Å². The fourth-order valence-electron chi connectivity index (χ4n) is 8.34. The van der Waals surface area contributed by atoms with Crippen molar-refractivity contribution < 1.29 is 28.9 Å². The van der Waals surface area contributed by atoms with Crippen molar-refractivity contribution in [3.63, 3.8) is 0 Å². The molecule has 10 aromatic rings. The quantitative estimate of drug-likeness (QED) is 0.153. The Bertz CT molecular complexity index is 3390. The van der Waals surface area contributed by atoms with Gasteiger partial charge in [-0.05, 0) is 64.4 Å². The van der Waals surface area contributed by atoms with Crippen LogP contribution in [0.5, 0.6) is 0 Å². The Hall–Kier alpha value is -6.72. The van der Waals surface area contributed by atoms with Crippen LogP contribution >= 0.6 is 0 Å². The zero-order chi connectivity index (χ0) is 45.8. The van der Waals surface area contributed by atoms with Gasteiger partial charge >= 0.3 is 0 Å². The predicted molar refractivity (Wildman–Crippen MR) is 262 cm³/mol. The Morgan fingerprint density at radius 1 is 0.682 bits per heavy atom. The van der Waals surface area contributed by atoms with E-state index >= 15 is 0 Å². The number of rotatable bonds is 6. The molecule has 4 heterocycles. The van der Waals surface area contributed by atoms with Gasteiger partial charge < -0.3 is 13.4 Å². The normalized spacial score (nSPS) is 11.9. The molecule has 0 atom stereocenters. The number of aromatic nitrogens is 5. The first-order chi connectivity index (χ1) is 31.1. The van der Waals surface area contributed by atoms with Crippen molar-refractivity contribution >= 4 is 44.1 Å². The van der Waals surface area contributed by atoms with E-state index in [-0.39, 0.29) is 42.8 Å². The zero-order valence-electron chi connectivity index (χ0n) is 39.0. The van der Waals surface area contributed by atoms with Crippen molar-refractivity contribution in [3.05, 3.63) is 162 Å². The van der Waals surface area contributed by atoms with Gasteiger partial charge in [0.25, 0.3) is 0 Å². The Morgan fingerprint density at radius 3 is 2.03 bits per heavy atom. The second-order valence-electron chi connectivity index (χ2n) is 19.3. The summed E-state index contributed by atoms with van der Waals surface area (Å²) in [5, 5.41) is 11.8. The predicted octanol–water partition coefficient (Wildman–Crippen LogP) is 14.9. The summed E-state index contributed by atoms with van der Waals surface area (Å²) in [6, 6.07) is 47.9. The number of furan rings is 1. The van der Waals surface area contributed by atoms with Crippen molar-refractivity contribution in [2.45, 2.75) is 91.9 Å². The second-order valence-corrected chi connectivity index (χ2v) is 19.3. The summed E-state index contributed by atoms with van der Waals surface area (Å²) in [5.41, 5.74) is 13.1. The first-order valence-electron chi connectivity index (χ1n) is 22.3. The molecule has 0 spiro atoms. The number of para-hydroxylation sites is 2. The molecule has 4 aromatic heterocycles. The molecule has 10 rings (SSSR count). The maximum Gasteiger partial charge on any atom is 0.200 e. The van der Waals surface area contributed by atoms with E-state index in [0.717, 1.165) is 56.0 Å². The van der Waals surface area contributed by atoms with Crippen LogP contribution in [-0.4, -0.2) is 24.5 Å². The minimum atomic E-state index is -0.334. The largest absolute Gasteiger partial charge is 0.500 e. The maximum absolute atomic E-state index is 10.1. The van der Waals surface area contributed by atoms with Gasteiger partial charge in [0.2, 0.25) is 5.89 Å². The van der Waals surface area contributed by atoms with Crippen LogP contribution in [0.2, 0.25) is 0 Å². The summed E-state index contributed by atoms with van der Waals surface area (Å²) >= 11 is 0. The summed E-state index contributed by atoms with van der Waals surface area (Å²) < 4.78 is 15.2. The van der Waals surface area contributed by atoms with Crippen LogP contribution in [0.3, 0.4) is 0 Å². The topological polar surface area (TPSA) is 107 Å². The molecule has 8 nitrogen and oxygen atoms in total. The number of fused-ring (bicyclic) bond motifs is 6. The first kappa shape index (κ1) is 45.8. The summed E-state index contributed by atoms with van der Waals surface area (Å²) in [7, 11) is 0. The molecule has 0 saturated heterocycles. The molecule has 0 fully saturated rings. The average molecular weight is 1050 g/mol. The molecule has 0 N–H and O–H groups in total. The Labute approximate surface area is 400 Å². The first-order valence-corrected chi connectivity index (χ1v) is 22.3. The van der Waals surface area contributed by atoms with Gasteiger partial charge in [-0.25, -0.2) is 4.98 Å². The molecule has 0 unspecified atom stereocenters. The van der Waals surface area contributed by atoms with E-state index in [1.165, 1.54) is 22.3 Å². The van der Waals surface area contributed by atoms with Gasteiger partial charge in [0.1, 0.15) is 22.7 Å². The third kappa shape index (κ3) is 8.48. The molecule has 1 radical (unpaired) electrons. The van der Waals surface area contributed by atoms with Gasteiger partial charge in [0.05, 0.1) is 28.3 Å². The molecule has 0 aliphatic carbocycles. The standard InChI is InChI=1S/C43H37N4O2.C14H15N2.Ir/c1-24(2)31-20-27(26-14-9-8-10-15-26)21-32(25(3)4)38(31)47-34-19-12-11-18-33(34)45-41(47)30-17-13-16-29-36-35(48-40(29)30)22-28(23-44)39-37(36)46-42(49-39)43(5,6)7;1-14(2,3)12-9-10-15-13(16-12)11-7-5-4-6-8-11;/h8-16,18-22,24-25H,1-7H3;4-7,9-10H,1-3H3;/q2*-1;. The minimum absolute atomic E-state index is 0. The Kier molecular flexibility index (Phi) is 12.4. The van der Waals surface area contributed by atoms with Gasteiger partial charge in [-0.15, -0.1) is 54.1 Å². The molecular weight excluding hydrogens is 993 g/mol. The van der Waals surface area contributed by atoms with Gasteiger partial charge in [-0.1, -0.05) is 123 Å². The van der Waals surface area contributed by atoms with Crippen LogP contribution in [0.25, 0.3) is 83.7 Å². The third-order valence-electron chi connectivity index (χ3n) is 11.7. The molecule has 333 valence electrons. The molecule has 0 saturated carbocycles. The number of benzene rings is 6. The van der Waals surface area contributed by atoms with E-state index in [9.17, 15) is 5.26 Å². The number of imidazole rings is 1. The third-order valence-corrected chi connectivity index (χ3v) is 11.7. The average Bonchev–Trinajstić information content (AvgIpc) is 4.03. The van der Waals surface area contributed by atoms with E-state index in [1.54, 1.807) is 6.07 Å². The summed E-state index contributed by atoms with van der Waals surface area (Å²) in [5.74, 6) is 2.53. The van der Waals surface area contributed by atoms with Crippen LogP contribution in [0.15, 0.2) is 130 Å². The monoisotopic (exact) mass is 1050 g/mol. The van der Waals surface area contributed by atoms with Crippen molar-refractivity contribution in [2.75, 3.05) is 0 Å². The summed E-state index contributed by atoms with van der Waals surface area (Å²) in [6.45, 7) is 21.6. The molecule has 0 aliphatic rings. The van der Waals surface area contributed by atoms with Crippen molar-refractivity contribution in [2.24, 2.45) is 0 Å². The van der Waals surface area contributed by atoms with Crippen molar-refractivity contribution in [1.82, 2.24) is 24.5 Å². The van der Waals surface area contributed by atoms with Crippen LogP contribution in [-0.2, 0) is 30.9 Å². The molecule has 0 amide bonds. The van der Waals surface area contributed by atoms with Gasteiger partial charge in [-0.2, -0.15) is 5.26 Å². The van der Waals surface area contributed by atoms with Gasteiger partial charge in [-0.3, -0.25) is 15.0 Å². The second kappa shape index (κ2) is 17.9. The van der Waals surface area contributed by atoms with E-state index in [2.05, 4.69) is 163 Å². The van der Waals surface area contributed by atoms with Gasteiger partial charge in [0, 0.05) is 60.0 Å². The molecule has 66 heavy (non-hydrogen) atoms. The van der Waals surface area contributed by atoms with E-state index in [4.69, 9.17) is 18.8 Å². The molecular formula is C57H52IrN6O2-2.